The number of benzene rings is 3. The zero-order valence-corrected chi connectivity index (χ0v) is 21.5. The molecule has 6 rings (SSSR count). The average Bonchev–Trinajstić information content (AvgIpc) is 3.10. The molecule has 3 aromatic rings. The van der Waals surface area contributed by atoms with Crippen molar-refractivity contribution in [2.24, 2.45) is 17.8 Å². The summed E-state index contributed by atoms with van der Waals surface area (Å²) in [6.07, 6.45) is 1.76. The van der Waals surface area contributed by atoms with E-state index in [0.29, 0.717) is 22.8 Å². The van der Waals surface area contributed by atoms with Gasteiger partial charge in [-0.05, 0) is 44.2 Å². The molecule has 3 fully saturated rings. The van der Waals surface area contributed by atoms with E-state index in [4.69, 9.17) is 14.2 Å². The van der Waals surface area contributed by atoms with Gasteiger partial charge in [0.1, 0.15) is 35.0 Å². The molecule has 5 atom stereocenters. The molecule has 0 spiro atoms. The van der Waals surface area contributed by atoms with Gasteiger partial charge in [-0.1, -0.05) is 36.4 Å². The van der Waals surface area contributed by atoms with Gasteiger partial charge in [-0.25, -0.2) is 4.79 Å². The van der Waals surface area contributed by atoms with Crippen LogP contribution in [0.3, 0.4) is 0 Å². The van der Waals surface area contributed by atoms with Crippen LogP contribution in [0.5, 0.6) is 5.75 Å². The first kappa shape index (κ1) is 24.6. The molecule has 3 bridgehead atoms. The zero-order valence-electron chi connectivity index (χ0n) is 21.5. The summed E-state index contributed by atoms with van der Waals surface area (Å²) >= 11 is 0. The Morgan fingerprint density at radius 3 is 2.08 bits per heavy atom. The lowest BCUT2D eigenvalue weighted by molar-refractivity contribution is -0.175. The highest BCUT2D eigenvalue weighted by Gasteiger charge is 2.57. The number of hydrogen-bond donors (Lipinski definition) is 0. The van der Waals surface area contributed by atoms with Crippen LogP contribution in [0.4, 0.5) is 17.1 Å². The fraction of sp³-hybridized carbons (Fsp3) is 0.355. The summed E-state index contributed by atoms with van der Waals surface area (Å²) in [6.45, 7) is 3.49. The maximum Gasteiger partial charge on any atom is 0.344 e. The molecule has 0 N–H and O–H groups in total. The monoisotopic (exact) mass is 513 g/mol. The minimum absolute atomic E-state index is 0.0583. The van der Waals surface area contributed by atoms with Crippen molar-refractivity contribution in [3.8, 4) is 5.75 Å². The number of carbonyl (C=O) groups excluding carboxylic acids is 2. The average molecular weight is 514 g/mol. The van der Waals surface area contributed by atoms with Gasteiger partial charge in [0.15, 0.2) is 6.61 Å². The molecule has 1 aliphatic heterocycles. The SMILES string of the molecule is Cc1cc([N+]([O-])(c2ccccc2)c2ccccc2)cc(C)c1OCC(=O)OC1C2CC3CC(C2)C1OC3=O. The van der Waals surface area contributed by atoms with Gasteiger partial charge in [0.2, 0.25) is 0 Å². The normalized spacial score (nSPS) is 25.7. The van der Waals surface area contributed by atoms with Crippen molar-refractivity contribution in [2.75, 3.05) is 6.61 Å². The second kappa shape index (κ2) is 9.57. The number of para-hydroxylation sites is 2. The van der Waals surface area contributed by atoms with E-state index in [1.807, 2.05) is 86.6 Å². The molecular formula is C31H31NO6. The molecule has 0 amide bonds. The molecule has 7 heteroatoms. The number of esters is 2. The fourth-order valence-electron chi connectivity index (χ4n) is 6.61. The van der Waals surface area contributed by atoms with Crippen LogP contribution < -0.4 is 9.38 Å². The van der Waals surface area contributed by atoms with Crippen molar-refractivity contribution < 1.29 is 23.8 Å². The number of quaternary nitrogens is 1. The van der Waals surface area contributed by atoms with Crippen molar-refractivity contribution in [1.29, 1.82) is 0 Å². The zero-order chi connectivity index (χ0) is 26.4. The van der Waals surface area contributed by atoms with Crippen LogP contribution in [0, 0.1) is 36.8 Å². The molecule has 196 valence electrons. The van der Waals surface area contributed by atoms with Crippen molar-refractivity contribution in [1.82, 2.24) is 4.65 Å². The van der Waals surface area contributed by atoms with Gasteiger partial charge in [0, 0.05) is 48.2 Å². The van der Waals surface area contributed by atoms with Gasteiger partial charge >= 0.3 is 11.9 Å². The number of aryl methyl sites for hydroxylation is 2. The molecule has 38 heavy (non-hydrogen) atoms. The lowest BCUT2D eigenvalue weighted by Gasteiger charge is -2.41. The Hall–Kier alpha value is -3.68. The Bertz CT molecular complexity index is 1290. The molecule has 0 radical (unpaired) electrons. The van der Waals surface area contributed by atoms with Gasteiger partial charge < -0.3 is 19.4 Å². The summed E-state index contributed by atoms with van der Waals surface area (Å²) in [6, 6.07) is 22.1. The summed E-state index contributed by atoms with van der Waals surface area (Å²) in [5.41, 5.74) is 3.23. The molecule has 0 aromatic heterocycles. The van der Waals surface area contributed by atoms with Gasteiger partial charge in [-0.2, -0.15) is 0 Å². The lowest BCUT2D eigenvalue weighted by Crippen LogP contribution is -2.39. The molecule has 3 aromatic carbocycles. The largest absolute Gasteiger partial charge is 0.616 e. The smallest absolute Gasteiger partial charge is 0.344 e. The first-order chi connectivity index (χ1) is 18.3. The van der Waals surface area contributed by atoms with Crippen LogP contribution in [0.15, 0.2) is 72.8 Å². The summed E-state index contributed by atoms with van der Waals surface area (Å²) in [7, 11) is 0. The second-order valence-corrected chi connectivity index (χ2v) is 10.8. The highest BCUT2D eigenvalue weighted by atomic mass is 16.6. The second-order valence-electron chi connectivity index (χ2n) is 10.8. The van der Waals surface area contributed by atoms with Crippen LogP contribution in [0.1, 0.15) is 30.4 Å². The quantitative estimate of drug-likeness (QED) is 0.218. The number of rotatable bonds is 7. The molecular weight excluding hydrogens is 482 g/mol. The number of nitrogens with zero attached hydrogens (tertiary/aromatic N) is 1. The number of fused-ring (bicyclic) bond motifs is 2. The van der Waals surface area contributed by atoms with E-state index in [0.717, 1.165) is 30.4 Å². The molecule has 3 aliphatic rings. The Morgan fingerprint density at radius 2 is 1.47 bits per heavy atom. The number of ether oxygens (including phenoxy) is 3. The van der Waals surface area contributed by atoms with E-state index in [2.05, 4.69) is 0 Å². The van der Waals surface area contributed by atoms with Crippen LogP contribution >= 0.6 is 0 Å². The minimum atomic E-state index is -0.753. The lowest BCUT2D eigenvalue weighted by atomic mass is 9.79. The Labute approximate surface area is 222 Å². The van der Waals surface area contributed by atoms with E-state index in [1.165, 1.54) is 0 Å². The van der Waals surface area contributed by atoms with Gasteiger partial charge in [0.25, 0.3) is 0 Å². The Balaban J connectivity index is 1.21. The van der Waals surface area contributed by atoms with E-state index in [1.54, 1.807) is 0 Å². The van der Waals surface area contributed by atoms with E-state index in [9.17, 15) is 14.8 Å². The summed E-state index contributed by atoms with van der Waals surface area (Å²) in [5.74, 6) is 0.309. The topological polar surface area (TPSA) is 84.9 Å². The molecule has 2 aliphatic carbocycles. The highest BCUT2D eigenvalue weighted by Crippen LogP contribution is 2.51. The maximum atomic E-state index is 14.5. The van der Waals surface area contributed by atoms with Gasteiger partial charge in [-0.15, -0.1) is 0 Å². The summed E-state index contributed by atoms with van der Waals surface area (Å²) in [4.78, 5) is 24.9. The Morgan fingerprint density at radius 1 is 0.895 bits per heavy atom. The van der Waals surface area contributed by atoms with Crippen LogP contribution in [0.2, 0.25) is 0 Å². The first-order valence-corrected chi connectivity index (χ1v) is 13.2. The van der Waals surface area contributed by atoms with Crippen LogP contribution in [-0.2, 0) is 19.1 Å². The molecule has 1 saturated heterocycles. The summed E-state index contributed by atoms with van der Waals surface area (Å²) in [5, 5.41) is 14.5. The predicted octanol–water partition coefficient (Wildman–Crippen LogP) is 6.03. The molecule has 7 nitrogen and oxygen atoms in total. The van der Waals surface area contributed by atoms with E-state index >= 15 is 0 Å². The third kappa shape index (κ3) is 4.16. The third-order valence-electron chi connectivity index (χ3n) is 8.27. The van der Waals surface area contributed by atoms with Crippen LogP contribution in [-0.4, -0.2) is 30.8 Å². The third-order valence-corrected chi connectivity index (χ3v) is 8.27. The molecule has 1 heterocycles. The van der Waals surface area contributed by atoms with E-state index < -0.39 is 16.7 Å². The highest BCUT2D eigenvalue weighted by molar-refractivity contribution is 5.76. The standard InChI is InChI=1S/C31H31NO6/c1-19-13-26(32(35,24-9-5-3-6-10-24)25-11-7-4-8-12-25)14-20(2)28(19)36-18-27(33)37-29-21-15-22-17-23(16-21)31(34)38-30(22)29/h3-14,21-23,29-30H,15-18H2,1-2H3. The van der Waals surface area contributed by atoms with E-state index in [-0.39, 0.29) is 36.4 Å². The number of carbonyl (C=O) groups is 2. The van der Waals surface area contributed by atoms with Crippen LogP contribution in [0.25, 0.3) is 0 Å². The van der Waals surface area contributed by atoms with Gasteiger partial charge in [-0.3, -0.25) is 9.44 Å². The minimum Gasteiger partial charge on any atom is -0.616 e. The van der Waals surface area contributed by atoms with Crippen molar-refractivity contribution in [2.45, 2.75) is 45.3 Å². The van der Waals surface area contributed by atoms with Gasteiger partial charge in [0.05, 0.1) is 5.92 Å². The van der Waals surface area contributed by atoms with Crippen molar-refractivity contribution in [3.63, 3.8) is 0 Å². The first-order valence-electron chi connectivity index (χ1n) is 13.2. The predicted molar refractivity (Wildman–Crippen MR) is 143 cm³/mol. The Kier molecular flexibility index (Phi) is 6.20. The fourth-order valence-corrected chi connectivity index (χ4v) is 6.61. The maximum absolute atomic E-state index is 14.5. The molecule has 2 saturated carbocycles. The number of hydrogen-bond acceptors (Lipinski definition) is 6. The summed E-state index contributed by atoms with van der Waals surface area (Å²) < 4.78 is 16.6. The molecule has 5 unspecified atom stereocenters. The van der Waals surface area contributed by atoms with Crippen molar-refractivity contribution in [3.05, 3.63) is 89.1 Å². The van der Waals surface area contributed by atoms with Crippen molar-refractivity contribution >= 4 is 29.0 Å².